The largest absolute Gasteiger partial charge is 0.491 e. The Bertz CT molecular complexity index is 1330. The zero-order valence-corrected chi connectivity index (χ0v) is 19.7. The first-order valence-corrected chi connectivity index (χ1v) is 12.2. The number of aryl methyl sites for hydroxylation is 1. The number of fused-ring (bicyclic) bond motifs is 1. The van der Waals surface area contributed by atoms with Gasteiger partial charge >= 0.3 is 0 Å². The number of amides is 1. The summed E-state index contributed by atoms with van der Waals surface area (Å²) >= 11 is 7.27. The lowest BCUT2D eigenvalue weighted by atomic mass is 10.1. The molecule has 2 aromatic heterocycles. The summed E-state index contributed by atoms with van der Waals surface area (Å²) in [7, 11) is -2.85. The van der Waals surface area contributed by atoms with E-state index in [0.717, 1.165) is 16.2 Å². The summed E-state index contributed by atoms with van der Waals surface area (Å²) in [6.45, 7) is 1.22. The van der Waals surface area contributed by atoms with Crippen LogP contribution in [0.2, 0.25) is 5.02 Å². The Hall–Kier alpha value is -2.84. The average Bonchev–Trinajstić information content (AvgIpc) is 3.50. The fourth-order valence-electron chi connectivity index (χ4n) is 3.36. The van der Waals surface area contributed by atoms with Gasteiger partial charge in [-0.1, -0.05) is 16.8 Å². The number of carbonyl (C=O) groups excluding carboxylic acids is 1. The number of sulfonamides is 1. The van der Waals surface area contributed by atoms with Crippen molar-refractivity contribution in [3.8, 4) is 17.2 Å². The molecule has 176 valence electrons. The number of ether oxygens (including phenoxy) is 3. The van der Waals surface area contributed by atoms with Crippen LogP contribution in [0.3, 0.4) is 0 Å². The number of nitrogens with zero attached hydrogens (tertiary/aromatic N) is 2. The number of thiophene rings is 1. The third-order valence-corrected chi connectivity index (χ3v) is 7.21. The Labute approximate surface area is 197 Å². The number of methoxy groups -OCH3 is 1. The molecule has 0 unspecified atom stereocenters. The van der Waals surface area contributed by atoms with Gasteiger partial charge in [0.1, 0.15) is 26.2 Å². The summed E-state index contributed by atoms with van der Waals surface area (Å²) in [5.74, 6) is -0.321. The lowest BCUT2D eigenvalue weighted by Gasteiger charge is -2.25. The number of carbonyl (C=O) groups is 1. The molecular formula is C19H18ClN3O8S2. The fourth-order valence-corrected chi connectivity index (χ4v) is 5.41. The monoisotopic (exact) mass is 515 g/mol. The number of anilines is 2. The van der Waals surface area contributed by atoms with Gasteiger partial charge in [-0.25, -0.2) is 18.5 Å². The minimum Gasteiger partial charge on any atom is -0.491 e. The van der Waals surface area contributed by atoms with E-state index in [0.29, 0.717) is 17.0 Å². The highest BCUT2D eigenvalue weighted by molar-refractivity contribution is 7.89. The van der Waals surface area contributed by atoms with Gasteiger partial charge in [-0.15, -0.1) is 11.3 Å². The van der Waals surface area contributed by atoms with E-state index in [1.807, 2.05) is 0 Å². The van der Waals surface area contributed by atoms with E-state index in [4.69, 9.17) is 35.5 Å². The molecule has 1 aromatic carbocycles. The Morgan fingerprint density at radius 1 is 1.42 bits per heavy atom. The third-order valence-electron chi connectivity index (χ3n) is 4.79. The molecule has 3 aromatic rings. The van der Waals surface area contributed by atoms with Crippen molar-refractivity contribution in [2.75, 3.05) is 25.4 Å². The van der Waals surface area contributed by atoms with Crippen LogP contribution in [-0.2, 0) is 16.4 Å². The van der Waals surface area contributed by atoms with Crippen molar-refractivity contribution < 1.29 is 37.1 Å². The van der Waals surface area contributed by atoms with Crippen LogP contribution in [0.25, 0.3) is 0 Å². The van der Waals surface area contributed by atoms with Crippen LogP contribution in [0.1, 0.15) is 20.9 Å². The van der Waals surface area contributed by atoms with Gasteiger partial charge < -0.3 is 23.8 Å². The molecule has 1 aliphatic heterocycles. The summed E-state index contributed by atoms with van der Waals surface area (Å²) < 4.78 is 46.1. The topological polar surface area (TPSA) is 154 Å². The Balaban J connectivity index is 2.03. The van der Waals surface area contributed by atoms with Crippen molar-refractivity contribution in [2.45, 2.75) is 18.2 Å². The molecule has 14 heteroatoms. The van der Waals surface area contributed by atoms with E-state index in [-0.39, 0.29) is 57.7 Å². The molecule has 4 rings (SSSR count). The number of aliphatic hydroxyl groups excluding tert-OH is 1. The number of aromatic nitrogens is 1. The van der Waals surface area contributed by atoms with Crippen LogP contribution >= 0.6 is 22.9 Å². The van der Waals surface area contributed by atoms with Crippen LogP contribution in [-0.4, -0.2) is 45.1 Å². The quantitative estimate of drug-likeness (QED) is 0.483. The first-order chi connectivity index (χ1) is 15.7. The molecule has 11 nitrogen and oxygen atoms in total. The molecule has 1 amide bonds. The number of rotatable bonds is 7. The number of primary sulfonamides is 1. The maximum atomic E-state index is 13.8. The summed E-state index contributed by atoms with van der Waals surface area (Å²) in [5, 5.41) is 20.2. The maximum Gasteiger partial charge on any atom is 0.276 e. The van der Waals surface area contributed by atoms with Crippen molar-refractivity contribution in [1.82, 2.24) is 5.16 Å². The maximum absolute atomic E-state index is 13.8. The highest BCUT2D eigenvalue weighted by Gasteiger charge is 2.37. The van der Waals surface area contributed by atoms with Crippen molar-refractivity contribution in [3.63, 3.8) is 0 Å². The summed E-state index contributed by atoms with van der Waals surface area (Å²) in [4.78, 5) is 14.3. The Morgan fingerprint density at radius 2 is 2.18 bits per heavy atom. The first-order valence-electron chi connectivity index (χ1n) is 9.35. The van der Waals surface area contributed by atoms with E-state index in [1.54, 1.807) is 13.0 Å². The zero-order chi connectivity index (χ0) is 23.9. The normalized spacial score (nSPS) is 12.8. The molecule has 0 aliphatic carbocycles. The molecule has 33 heavy (non-hydrogen) atoms. The van der Waals surface area contributed by atoms with Crippen molar-refractivity contribution >= 4 is 50.4 Å². The van der Waals surface area contributed by atoms with Crippen LogP contribution < -0.4 is 24.2 Å². The van der Waals surface area contributed by atoms with Crippen molar-refractivity contribution in [1.29, 1.82) is 0 Å². The number of hydrogen-bond donors (Lipinski definition) is 2. The first kappa shape index (κ1) is 23.3. The number of halogens is 1. The predicted molar refractivity (Wildman–Crippen MR) is 118 cm³/mol. The number of hydrogen-bond acceptors (Lipinski definition) is 10. The summed E-state index contributed by atoms with van der Waals surface area (Å²) in [6.07, 6.45) is 0.0866. The highest BCUT2D eigenvalue weighted by atomic mass is 35.5. The van der Waals surface area contributed by atoms with Gasteiger partial charge in [-0.3, -0.25) is 4.79 Å². The van der Waals surface area contributed by atoms with Gasteiger partial charge in [0.15, 0.2) is 11.5 Å². The van der Waals surface area contributed by atoms with E-state index >= 15 is 0 Å². The van der Waals surface area contributed by atoms with Crippen molar-refractivity contribution in [2.24, 2.45) is 5.14 Å². The van der Waals surface area contributed by atoms with Crippen molar-refractivity contribution in [3.05, 3.63) is 38.7 Å². The number of benzene rings is 1. The molecule has 3 N–H and O–H groups in total. The number of nitrogens with two attached hydrogens (primary N) is 1. The lowest BCUT2D eigenvalue weighted by Crippen LogP contribution is -2.29. The molecule has 0 atom stereocenters. The molecule has 0 spiro atoms. The van der Waals surface area contributed by atoms with E-state index in [2.05, 4.69) is 5.16 Å². The molecule has 0 fully saturated rings. The second kappa shape index (κ2) is 8.83. The lowest BCUT2D eigenvalue weighted by molar-refractivity contribution is 0.0994. The van der Waals surface area contributed by atoms with Crippen LogP contribution in [0.5, 0.6) is 17.2 Å². The third kappa shape index (κ3) is 4.02. The molecule has 1 aliphatic rings. The van der Waals surface area contributed by atoms with E-state index in [9.17, 15) is 18.3 Å². The molecule has 0 saturated carbocycles. The van der Waals surface area contributed by atoms with Gasteiger partial charge in [-0.05, 0) is 36.4 Å². The van der Waals surface area contributed by atoms with Gasteiger partial charge in [0.2, 0.25) is 22.6 Å². The smallest absolute Gasteiger partial charge is 0.276 e. The van der Waals surface area contributed by atoms with Crippen LogP contribution in [0, 0.1) is 6.92 Å². The predicted octanol–water partition coefficient (Wildman–Crippen LogP) is 2.60. The molecule has 3 heterocycles. The van der Waals surface area contributed by atoms with Crippen LogP contribution in [0.15, 0.2) is 26.9 Å². The minimum absolute atomic E-state index is 0.0201. The molecule has 0 saturated heterocycles. The second-order valence-corrected chi connectivity index (χ2v) is 9.64. The minimum atomic E-state index is -4.22. The SMILES string of the molecule is COc1c2c(cc(CCO)c1N(C(=O)c1sccc1S(N)(=O)=O)c1onc(C)c1Cl)OCO2. The van der Waals surface area contributed by atoms with Gasteiger partial charge in [-0.2, -0.15) is 0 Å². The van der Waals surface area contributed by atoms with Gasteiger partial charge in [0.05, 0.1) is 7.11 Å². The Kier molecular flexibility index (Phi) is 6.24. The van der Waals surface area contributed by atoms with Gasteiger partial charge in [0, 0.05) is 6.61 Å². The Morgan fingerprint density at radius 3 is 2.79 bits per heavy atom. The molecule has 0 radical (unpaired) electrons. The standard InChI is InChI=1S/C19H18ClN3O8S2/c1-9-13(20)19(31-22-9)23(18(25)17-12(4-6-32-17)33(21,26)27)14-10(3-5-24)7-11-15(16(14)28-2)30-8-29-11/h4,6-7,24H,3,5,8H2,1-2H3,(H2,21,26,27). The highest BCUT2D eigenvalue weighted by Crippen LogP contribution is 2.52. The van der Waals surface area contributed by atoms with Gasteiger partial charge in [0.25, 0.3) is 11.8 Å². The average molecular weight is 516 g/mol. The zero-order valence-electron chi connectivity index (χ0n) is 17.3. The fraction of sp³-hybridized carbons (Fsp3) is 0.263. The van der Waals surface area contributed by atoms with Crippen LogP contribution in [0.4, 0.5) is 11.6 Å². The van der Waals surface area contributed by atoms with E-state index < -0.39 is 15.9 Å². The second-order valence-electron chi connectivity index (χ2n) is 6.81. The summed E-state index contributed by atoms with van der Waals surface area (Å²) in [6, 6.07) is 2.81. The van der Waals surface area contributed by atoms with E-state index in [1.165, 1.54) is 18.6 Å². The summed E-state index contributed by atoms with van der Waals surface area (Å²) in [5.41, 5.74) is 0.837. The molecule has 0 bridgehead atoms. The number of aliphatic hydroxyl groups is 1. The molecular weight excluding hydrogens is 498 g/mol.